The molecule has 1 aliphatic rings. The van der Waals surface area contributed by atoms with Crippen LogP contribution < -0.4 is 5.32 Å². The number of thioether (sulfide) groups is 1. The summed E-state index contributed by atoms with van der Waals surface area (Å²) in [6.45, 7) is 1.40. The second-order valence-electron chi connectivity index (χ2n) is 5.92. The summed E-state index contributed by atoms with van der Waals surface area (Å²) in [6.07, 6.45) is 1.48. The van der Waals surface area contributed by atoms with E-state index in [1.54, 1.807) is 36.4 Å². The number of halogens is 3. The topological polar surface area (TPSA) is 66.5 Å². The third-order valence-electron chi connectivity index (χ3n) is 3.92. The van der Waals surface area contributed by atoms with E-state index in [-0.39, 0.29) is 9.93 Å². The third-order valence-corrected chi connectivity index (χ3v) is 5.89. The Morgan fingerprint density at radius 2 is 1.93 bits per heavy atom. The van der Waals surface area contributed by atoms with E-state index in [0.717, 1.165) is 22.2 Å². The summed E-state index contributed by atoms with van der Waals surface area (Å²) in [5.41, 5.74) is 1.84. The van der Waals surface area contributed by atoms with Crippen LogP contribution in [-0.4, -0.2) is 28.5 Å². The minimum Gasteiger partial charge on any atom is -0.324 e. The van der Waals surface area contributed by atoms with E-state index < -0.39 is 23.6 Å². The van der Waals surface area contributed by atoms with Crippen LogP contribution in [0.25, 0.3) is 6.08 Å². The lowest BCUT2D eigenvalue weighted by atomic mass is 10.2. The summed E-state index contributed by atoms with van der Waals surface area (Å²) in [5, 5.41) is 3.22. The van der Waals surface area contributed by atoms with Crippen LogP contribution in [0.2, 0.25) is 15.1 Å². The van der Waals surface area contributed by atoms with Crippen molar-refractivity contribution in [1.29, 1.82) is 0 Å². The van der Waals surface area contributed by atoms with Gasteiger partial charge in [-0.3, -0.25) is 19.3 Å². The van der Waals surface area contributed by atoms with Crippen molar-refractivity contribution < 1.29 is 14.4 Å². The fourth-order valence-electron chi connectivity index (χ4n) is 2.47. The van der Waals surface area contributed by atoms with E-state index >= 15 is 0 Å². The summed E-state index contributed by atoms with van der Waals surface area (Å²) in [6, 6.07) is 10.0. The zero-order valence-electron chi connectivity index (χ0n) is 14.5. The molecule has 9 heteroatoms. The Kier molecular flexibility index (Phi) is 6.35. The van der Waals surface area contributed by atoms with Gasteiger partial charge in [0, 0.05) is 10.7 Å². The third kappa shape index (κ3) is 4.52. The molecule has 0 atom stereocenters. The van der Waals surface area contributed by atoms with Gasteiger partial charge in [-0.05, 0) is 54.1 Å². The summed E-state index contributed by atoms with van der Waals surface area (Å²) in [4.78, 5) is 38.1. The molecular weight excluding hydrogens is 443 g/mol. The summed E-state index contributed by atoms with van der Waals surface area (Å²) >= 11 is 18.8. The highest BCUT2D eigenvalue weighted by Crippen LogP contribution is 2.35. The van der Waals surface area contributed by atoms with Crippen LogP contribution >= 0.6 is 46.6 Å². The van der Waals surface area contributed by atoms with Crippen LogP contribution in [0.5, 0.6) is 0 Å². The maximum Gasteiger partial charge on any atom is 0.294 e. The summed E-state index contributed by atoms with van der Waals surface area (Å²) in [7, 11) is 0. The zero-order chi connectivity index (χ0) is 20.4. The molecule has 0 aromatic heterocycles. The lowest BCUT2D eigenvalue weighted by Crippen LogP contribution is -2.36. The molecule has 2 aromatic rings. The van der Waals surface area contributed by atoms with Gasteiger partial charge in [0.25, 0.3) is 11.1 Å². The van der Waals surface area contributed by atoms with Crippen molar-refractivity contribution in [2.24, 2.45) is 0 Å². The molecule has 144 valence electrons. The number of hydrogen-bond donors (Lipinski definition) is 1. The Morgan fingerprint density at radius 3 is 2.68 bits per heavy atom. The molecule has 1 N–H and O–H groups in total. The summed E-state index contributed by atoms with van der Waals surface area (Å²) < 4.78 is 0. The molecule has 1 saturated heterocycles. The van der Waals surface area contributed by atoms with E-state index in [2.05, 4.69) is 5.32 Å². The standard InChI is InChI=1S/C19H13Cl3N2O3S/c1-10-5-6-12(20)8-14(10)23-16(25)9-24-18(26)15(28-19(24)27)7-11-3-2-4-13(21)17(11)22/h2-8H,9H2,1H3,(H,23,25)/b15-7+. The number of hydrogen-bond acceptors (Lipinski definition) is 4. The number of nitrogens with one attached hydrogen (secondary N) is 1. The van der Waals surface area contributed by atoms with Gasteiger partial charge in [0.2, 0.25) is 5.91 Å². The van der Waals surface area contributed by atoms with Crippen molar-refractivity contribution in [2.45, 2.75) is 6.92 Å². The second kappa shape index (κ2) is 8.57. The minimum atomic E-state index is -0.566. The number of carbonyl (C=O) groups excluding carboxylic acids is 3. The normalized spacial score (nSPS) is 15.4. The van der Waals surface area contributed by atoms with Gasteiger partial charge in [-0.15, -0.1) is 0 Å². The molecule has 0 bridgehead atoms. The van der Waals surface area contributed by atoms with Gasteiger partial charge in [0.05, 0.1) is 15.0 Å². The lowest BCUT2D eigenvalue weighted by molar-refractivity contribution is -0.127. The molecule has 0 aliphatic carbocycles. The van der Waals surface area contributed by atoms with Gasteiger partial charge in [0.15, 0.2) is 0 Å². The molecule has 0 radical (unpaired) electrons. The minimum absolute atomic E-state index is 0.168. The van der Waals surface area contributed by atoms with Gasteiger partial charge in [-0.25, -0.2) is 0 Å². The monoisotopic (exact) mass is 454 g/mol. The fraction of sp³-hybridized carbons (Fsp3) is 0.105. The van der Waals surface area contributed by atoms with Crippen LogP contribution in [0.15, 0.2) is 41.3 Å². The molecule has 3 rings (SSSR count). The molecule has 1 aliphatic heterocycles. The van der Waals surface area contributed by atoms with Gasteiger partial charge >= 0.3 is 0 Å². The molecular formula is C19H13Cl3N2O3S. The van der Waals surface area contributed by atoms with Crippen LogP contribution in [0.4, 0.5) is 10.5 Å². The van der Waals surface area contributed by atoms with E-state index in [0.29, 0.717) is 21.3 Å². The number of amides is 3. The van der Waals surface area contributed by atoms with E-state index in [4.69, 9.17) is 34.8 Å². The average molecular weight is 456 g/mol. The number of anilines is 1. The molecule has 28 heavy (non-hydrogen) atoms. The van der Waals surface area contributed by atoms with Crippen molar-refractivity contribution in [3.63, 3.8) is 0 Å². The van der Waals surface area contributed by atoms with Crippen molar-refractivity contribution >= 4 is 75.4 Å². The number of imide groups is 1. The van der Waals surface area contributed by atoms with Crippen LogP contribution in [0.3, 0.4) is 0 Å². The van der Waals surface area contributed by atoms with Crippen molar-refractivity contribution in [3.05, 3.63) is 67.5 Å². The quantitative estimate of drug-likeness (QED) is 0.607. The number of nitrogens with zero attached hydrogens (tertiary/aromatic N) is 1. The van der Waals surface area contributed by atoms with Gasteiger partial charge in [0.1, 0.15) is 6.54 Å². The SMILES string of the molecule is Cc1ccc(Cl)cc1NC(=O)CN1C(=O)S/C(=C/c2cccc(Cl)c2Cl)C1=O. The first kappa shape index (κ1) is 20.7. The predicted octanol–water partition coefficient (Wildman–Crippen LogP) is 5.63. The molecule has 1 heterocycles. The highest BCUT2D eigenvalue weighted by molar-refractivity contribution is 8.18. The largest absolute Gasteiger partial charge is 0.324 e. The molecule has 5 nitrogen and oxygen atoms in total. The number of aryl methyl sites for hydroxylation is 1. The molecule has 0 saturated carbocycles. The van der Waals surface area contributed by atoms with E-state index in [9.17, 15) is 14.4 Å². The Bertz CT molecular complexity index is 1020. The molecule has 2 aromatic carbocycles. The maximum absolute atomic E-state index is 12.6. The van der Waals surface area contributed by atoms with E-state index in [1.165, 1.54) is 6.08 Å². The Hall–Kier alpha value is -1.99. The van der Waals surface area contributed by atoms with Crippen LogP contribution in [0.1, 0.15) is 11.1 Å². The average Bonchev–Trinajstić information content (AvgIpc) is 2.89. The smallest absolute Gasteiger partial charge is 0.294 e. The highest BCUT2D eigenvalue weighted by atomic mass is 35.5. The number of rotatable bonds is 4. The Labute approximate surface area is 180 Å². The molecule has 3 amide bonds. The van der Waals surface area contributed by atoms with Crippen molar-refractivity contribution in [3.8, 4) is 0 Å². The van der Waals surface area contributed by atoms with Crippen molar-refractivity contribution in [2.75, 3.05) is 11.9 Å². The first-order chi connectivity index (χ1) is 13.3. The number of benzene rings is 2. The Balaban J connectivity index is 1.75. The number of carbonyl (C=O) groups is 3. The van der Waals surface area contributed by atoms with Crippen LogP contribution in [0, 0.1) is 6.92 Å². The van der Waals surface area contributed by atoms with Crippen LogP contribution in [-0.2, 0) is 9.59 Å². The molecule has 0 unspecified atom stereocenters. The zero-order valence-corrected chi connectivity index (χ0v) is 17.5. The summed E-state index contributed by atoms with van der Waals surface area (Å²) in [5.74, 6) is -1.07. The van der Waals surface area contributed by atoms with Gasteiger partial charge in [-0.2, -0.15) is 0 Å². The highest BCUT2D eigenvalue weighted by Gasteiger charge is 2.36. The molecule has 0 spiro atoms. The van der Waals surface area contributed by atoms with E-state index in [1.807, 2.05) is 6.92 Å². The maximum atomic E-state index is 12.6. The first-order valence-electron chi connectivity index (χ1n) is 8.01. The van der Waals surface area contributed by atoms with Crippen molar-refractivity contribution in [1.82, 2.24) is 4.90 Å². The second-order valence-corrected chi connectivity index (χ2v) is 8.13. The predicted molar refractivity (Wildman–Crippen MR) is 114 cm³/mol. The van der Waals surface area contributed by atoms with Gasteiger partial charge in [-0.1, -0.05) is 53.0 Å². The lowest BCUT2D eigenvalue weighted by Gasteiger charge is -2.13. The van der Waals surface area contributed by atoms with Gasteiger partial charge < -0.3 is 5.32 Å². The molecule has 1 fully saturated rings. The first-order valence-corrected chi connectivity index (χ1v) is 9.96. The Morgan fingerprint density at radius 1 is 1.18 bits per heavy atom. The fourth-order valence-corrected chi connectivity index (χ4v) is 3.84.